The van der Waals surface area contributed by atoms with E-state index in [0.717, 1.165) is 12.8 Å². The zero-order valence-corrected chi connectivity index (χ0v) is 10.4. The predicted octanol–water partition coefficient (Wildman–Crippen LogP) is 3.46. The van der Waals surface area contributed by atoms with Crippen molar-refractivity contribution in [3.63, 3.8) is 0 Å². The molecule has 0 aromatic heterocycles. The van der Waals surface area contributed by atoms with E-state index in [-0.39, 0.29) is 5.88 Å². The highest BCUT2D eigenvalue weighted by Crippen LogP contribution is 2.20. The molecule has 0 aromatic rings. The van der Waals surface area contributed by atoms with E-state index in [2.05, 4.69) is 12.7 Å². The lowest BCUT2D eigenvalue weighted by atomic mass is 9.99. The molecular formula is C12H19ClO2. The second kappa shape index (κ2) is 6.67. The molecule has 0 spiro atoms. The summed E-state index contributed by atoms with van der Waals surface area (Å²) in [7, 11) is 0. The van der Waals surface area contributed by atoms with E-state index in [9.17, 15) is 4.79 Å². The Morgan fingerprint density at radius 2 is 2.13 bits per heavy atom. The number of halogens is 1. The van der Waals surface area contributed by atoms with Crippen LogP contribution < -0.4 is 0 Å². The van der Waals surface area contributed by atoms with Gasteiger partial charge in [-0.15, -0.1) is 11.6 Å². The highest BCUT2D eigenvalue weighted by Gasteiger charge is 2.23. The number of carbonyl (C=O) groups excluding carboxylic acids is 1. The van der Waals surface area contributed by atoms with Crippen molar-refractivity contribution in [3.8, 4) is 0 Å². The van der Waals surface area contributed by atoms with Crippen molar-refractivity contribution < 1.29 is 9.53 Å². The van der Waals surface area contributed by atoms with Gasteiger partial charge in [-0.2, -0.15) is 0 Å². The third-order valence-electron chi connectivity index (χ3n) is 2.08. The van der Waals surface area contributed by atoms with Crippen molar-refractivity contribution in [2.24, 2.45) is 0 Å². The first-order valence-corrected chi connectivity index (χ1v) is 5.52. The fraction of sp³-hybridized carbons (Fsp3) is 0.583. The van der Waals surface area contributed by atoms with E-state index in [1.807, 2.05) is 20.8 Å². The fourth-order valence-corrected chi connectivity index (χ4v) is 1.18. The summed E-state index contributed by atoms with van der Waals surface area (Å²) in [5, 5.41) is 0. The summed E-state index contributed by atoms with van der Waals surface area (Å²) >= 11 is 5.38. The first-order chi connectivity index (χ1) is 6.93. The maximum Gasteiger partial charge on any atom is 0.321 e. The zero-order chi connectivity index (χ0) is 11.9. The molecule has 0 aromatic carbocycles. The van der Waals surface area contributed by atoms with Gasteiger partial charge >= 0.3 is 5.97 Å². The van der Waals surface area contributed by atoms with Crippen molar-refractivity contribution >= 4 is 17.6 Å². The summed E-state index contributed by atoms with van der Waals surface area (Å²) in [6.07, 6.45) is 5.34. The molecule has 0 amide bonds. The molecule has 86 valence electrons. The average Bonchev–Trinajstić information content (AvgIpc) is 2.17. The number of esters is 1. The number of hydrogen-bond acceptors (Lipinski definition) is 2. The Balaban J connectivity index is 4.25. The van der Waals surface area contributed by atoms with Gasteiger partial charge in [0.15, 0.2) is 0 Å². The van der Waals surface area contributed by atoms with Crippen molar-refractivity contribution in [1.82, 2.24) is 0 Å². The second-order valence-electron chi connectivity index (χ2n) is 3.94. The van der Waals surface area contributed by atoms with Crippen molar-refractivity contribution in [2.45, 2.75) is 39.2 Å². The van der Waals surface area contributed by atoms with Gasteiger partial charge in [0.25, 0.3) is 0 Å². The summed E-state index contributed by atoms with van der Waals surface area (Å²) in [6.45, 7) is 9.59. The van der Waals surface area contributed by atoms with Gasteiger partial charge in [-0.3, -0.25) is 4.79 Å². The van der Waals surface area contributed by atoms with E-state index in [1.54, 1.807) is 6.08 Å². The molecule has 0 radical (unpaired) electrons. The Labute approximate surface area is 97.0 Å². The first-order valence-electron chi connectivity index (χ1n) is 4.98. The van der Waals surface area contributed by atoms with Gasteiger partial charge in [0.05, 0.1) is 0 Å². The SMILES string of the molecule is C=C[C@@](C)(CCC=C(C)C)OC(=O)CCl. The van der Waals surface area contributed by atoms with Crippen molar-refractivity contribution in [1.29, 1.82) is 0 Å². The van der Waals surface area contributed by atoms with Crippen LogP contribution in [-0.4, -0.2) is 17.5 Å². The molecule has 0 fully saturated rings. The highest BCUT2D eigenvalue weighted by molar-refractivity contribution is 6.26. The van der Waals surface area contributed by atoms with Crippen LogP contribution in [-0.2, 0) is 9.53 Å². The van der Waals surface area contributed by atoms with Crippen LogP contribution in [0, 0.1) is 0 Å². The summed E-state index contributed by atoms with van der Waals surface area (Å²) < 4.78 is 5.20. The Hall–Kier alpha value is -0.760. The molecular weight excluding hydrogens is 212 g/mol. The standard InChI is InChI=1S/C12H19ClO2/c1-5-12(4,15-11(14)9-13)8-6-7-10(2)3/h5,7H,1,6,8-9H2,2-4H3/t12-/m0/s1. The molecule has 0 heterocycles. The largest absolute Gasteiger partial charge is 0.454 e. The van der Waals surface area contributed by atoms with Crippen LogP contribution in [0.4, 0.5) is 0 Å². The molecule has 2 nitrogen and oxygen atoms in total. The minimum atomic E-state index is -0.613. The van der Waals surface area contributed by atoms with Gasteiger partial charge < -0.3 is 4.74 Å². The van der Waals surface area contributed by atoms with Crippen LogP contribution in [0.25, 0.3) is 0 Å². The number of rotatable bonds is 6. The van der Waals surface area contributed by atoms with Crippen molar-refractivity contribution in [3.05, 3.63) is 24.3 Å². The molecule has 1 atom stereocenters. The van der Waals surface area contributed by atoms with Crippen LogP contribution >= 0.6 is 11.6 Å². The molecule has 0 rings (SSSR count). The third-order valence-corrected chi connectivity index (χ3v) is 2.30. The molecule has 0 unspecified atom stereocenters. The van der Waals surface area contributed by atoms with Crippen LogP contribution in [0.2, 0.25) is 0 Å². The molecule has 0 saturated carbocycles. The molecule has 3 heteroatoms. The van der Waals surface area contributed by atoms with Gasteiger partial charge in [-0.05, 0) is 39.7 Å². The molecule has 0 N–H and O–H groups in total. The minimum Gasteiger partial charge on any atom is -0.454 e. The number of ether oxygens (including phenoxy) is 1. The molecule has 0 aliphatic carbocycles. The number of hydrogen-bond donors (Lipinski definition) is 0. The van der Waals surface area contributed by atoms with Crippen LogP contribution in [0.3, 0.4) is 0 Å². The normalized spacial score (nSPS) is 13.9. The average molecular weight is 231 g/mol. The molecule has 15 heavy (non-hydrogen) atoms. The number of alkyl halides is 1. The fourth-order valence-electron chi connectivity index (χ4n) is 1.13. The van der Waals surface area contributed by atoms with E-state index < -0.39 is 11.6 Å². The lowest BCUT2D eigenvalue weighted by Gasteiger charge is -2.25. The van der Waals surface area contributed by atoms with Gasteiger partial charge in [-0.25, -0.2) is 0 Å². The summed E-state index contributed by atoms with van der Waals surface area (Å²) in [5.74, 6) is -0.525. The van der Waals surface area contributed by atoms with E-state index in [4.69, 9.17) is 16.3 Å². The molecule has 0 aliphatic rings. The maximum absolute atomic E-state index is 11.1. The molecule has 0 saturated heterocycles. The Kier molecular flexibility index (Phi) is 6.34. The smallest absolute Gasteiger partial charge is 0.321 e. The first kappa shape index (κ1) is 14.2. The molecule has 0 bridgehead atoms. The van der Waals surface area contributed by atoms with Crippen LogP contribution in [0.15, 0.2) is 24.3 Å². The van der Waals surface area contributed by atoms with E-state index >= 15 is 0 Å². The molecule has 0 aliphatic heterocycles. The van der Waals surface area contributed by atoms with Crippen molar-refractivity contribution in [2.75, 3.05) is 5.88 Å². The van der Waals surface area contributed by atoms with Crippen LogP contribution in [0.5, 0.6) is 0 Å². The lowest BCUT2D eigenvalue weighted by Crippen LogP contribution is -2.29. The summed E-state index contributed by atoms with van der Waals surface area (Å²) in [6, 6.07) is 0. The monoisotopic (exact) mass is 230 g/mol. The van der Waals surface area contributed by atoms with Gasteiger partial charge in [0.1, 0.15) is 11.5 Å². The number of carbonyl (C=O) groups is 1. The maximum atomic E-state index is 11.1. The zero-order valence-electron chi connectivity index (χ0n) is 9.68. The number of allylic oxidation sites excluding steroid dienone is 2. The van der Waals surface area contributed by atoms with Gasteiger partial charge in [-0.1, -0.05) is 18.2 Å². The van der Waals surface area contributed by atoms with Crippen LogP contribution in [0.1, 0.15) is 33.6 Å². The summed E-state index contributed by atoms with van der Waals surface area (Å²) in [4.78, 5) is 11.1. The second-order valence-corrected chi connectivity index (χ2v) is 4.21. The Morgan fingerprint density at radius 3 is 2.53 bits per heavy atom. The third kappa shape index (κ3) is 6.34. The summed E-state index contributed by atoms with van der Waals surface area (Å²) in [5.41, 5.74) is 0.642. The van der Waals surface area contributed by atoms with Gasteiger partial charge in [0, 0.05) is 0 Å². The Bertz CT molecular complexity index is 254. The Morgan fingerprint density at radius 1 is 1.53 bits per heavy atom. The quantitative estimate of drug-likeness (QED) is 0.397. The van der Waals surface area contributed by atoms with Gasteiger partial charge in [0.2, 0.25) is 0 Å². The van der Waals surface area contributed by atoms with E-state index in [1.165, 1.54) is 5.57 Å². The van der Waals surface area contributed by atoms with E-state index in [0.29, 0.717) is 0 Å². The minimum absolute atomic E-state index is 0.119. The topological polar surface area (TPSA) is 26.3 Å². The predicted molar refractivity (Wildman–Crippen MR) is 64.1 cm³/mol. The lowest BCUT2D eigenvalue weighted by molar-refractivity contribution is -0.150. The highest BCUT2D eigenvalue weighted by atomic mass is 35.5.